The number of benzene rings is 2. The van der Waals surface area contributed by atoms with Crippen molar-refractivity contribution < 1.29 is 19.4 Å². The number of methoxy groups -OCH3 is 1. The summed E-state index contributed by atoms with van der Waals surface area (Å²) in [4.78, 5) is 20.2. The van der Waals surface area contributed by atoms with Crippen LogP contribution in [0.25, 0.3) is 0 Å². The van der Waals surface area contributed by atoms with Crippen molar-refractivity contribution in [2.24, 2.45) is 4.99 Å². The van der Waals surface area contributed by atoms with Gasteiger partial charge in [0.05, 0.1) is 19.1 Å². The van der Waals surface area contributed by atoms with E-state index in [-0.39, 0.29) is 6.42 Å². The number of piperazine rings is 1. The summed E-state index contributed by atoms with van der Waals surface area (Å²) in [7, 11) is 1.64. The highest BCUT2D eigenvalue weighted by atomic mass is 16.5. The monoisotopic (exact) mass is 381 g/mol. The number of ether oxygens (including phenoxy) is 2. The van der Waals surface area contributed by atoms with Gasteiger partial charge < -0.3 is 19.5 Å². The predicted octanol–water partition coefficient (Wildman–Crippen LogP) is 2.97. The van der Waals surface area contributed by atoms with E-state index in [1.807, 2.05) is 42.5 Å². The van der Waals surface area contributed by atoms with Crippen molar-refractivity contribution in [2.45, 2.75) is 6.42 Å². The molecule has 0 saturated carbocycles. The molecule has 2 aliphatic rings. The number of rotatable bonds is 4. The van der Waals surface area contributed by atoms with Gasteiger partial charge in [0.2, 0.25) is 0 Å². The smallest absolute Gasteiger partial charge is 0.304 e. The molecule has 1 fully saturated rings. The van der Waals surface area contributed by atoms with Crippen LogP contribution in [-0.4, -0.2) is 66.5 Å². The summed E-state index contributed by atoms with van der Waals surface area (Å²) in [6, 6.07) is 13.5. The molecule has 7 nitrogen and oxygen atoms in total. The van der Waals surface area contributed by atoms with Crippen molar-refractivity contribution >= 4 is 17.5 Å². The van der Waals surface area contributed by atoms with Crippen LogP contribution in [0.4, 0.5) is 5.69 Å². The molecule has 0 unspecified atom stereocenters. The molecule has 1 saturated heterocycles. The number of carbonyl (C=O) groups is 1. The molecule has 0 radical (unpaired) electrons. The zero-order chi connectivity index (χ0) is 19.5. The van der Waals surface area contributed by atoms with Crippen LogP contribution in [0.3, 0.4) is 0 Å². The van der Waals surface area contributed by atoms with Crippen molar-refractivity contribution in [1.29, 1.82) is 0 Å². The quantitative estimate of drug-likeness (QED) is 0.878. The second-order valence-electron chi connectivity index (χ2n) is 6.84. The molecule has 28 heavy (non-hydrogen) atoms. The van der Waals surface area contributed by atoms with Gasteiger partial charge in [0.15, 0.2) is 5.75 Å². The fourth-order valence-electron chi connectivity index (χ4n) is 3.51. The van der Waals surface area contributed by atoms with Gasteiger partial charge in [-0.05, 0) is 30.3 Å². The Morgan fingerprint density at radius 2 is 1.93 bits per heavy atom. The summed E-state index contributed by atoms with van der Waals surface area (Å²) in [5.41, 5.74) is 1.69. The second-order valence-corrected chi connectivity index (χ2v) is 6.84. The maximum Gasteiger partial charge on any atom is 0.304 e. The summed E-state index contributed by atoms with van der Waals surface area (Å²) in [6.45, 7) is 3.72. The van der Waals surface area contributed by atoms with E-state index in [9.17, 15) is 4.79 Å². The standard InChI is InChI=1S/C21H23N3O4/c1-27-15-6-7-18-16(14-15)21(22-17-4-2-3-5-19(17)28-18)24-12-10-23(11-13-24)9-8-20(25)26/h2-7,14H,8-13H2,1H3,(H,25,26). The van der Waals surface area contributed by atoms with E-state index in [1.165, 1.54) is 0 Å². The van der Waals surface area contributed by atoms with Crippen LogP contribution in [-0.2, 0) is 4.79 Å². The first-order valence-electron chi connectivity index (χ1n) is 9.37. The SMILES string of the molecule is COc1ccc2c(c1)C(N1CCN(CCC(=O)O)CC1)=Nc1ccccc1O2. The number of hydrogen-bond donors (Lipinski definition) is 1. The van der Waals surface area contributed by atoms with E-state index in [1.54, 1.807) is 7.11 Å². The average Bonchev–Trinajstić information content (AvgIpc) is 2.88. The highest BCUT2D eigenvalue weighted by molar-refractivity contribution is 6.04. The Morgan fingerprint density at radius 3 is 2.68 bits per heavy atom. The summed E-state index contributed by atoms with van der Waals surface area (Å²) < 4.78 is 11.5. The highest BCUT2D eigenvalue weighted by Gasteiger charge is 2.26. The Balaban J connectivity index is 1.63. The normalized spacial score (nSPS) is 16.3. The Hall–Kier alpha value is -3.06. The number of carboxylic acids is 1. The minimum atomic E-state index is -0.759. The maximum absolute atomic E-state index is 10.8. The van der Waals surface area contributed by atoms with E-state index < -0.39 is 5.97 Å². The molecule has 0 bridgehead atoms. The summed E-state index contributed by atoms with van der Waals surface area (Å²) in [6.07, 6.45) is 0.169. The third kappa shape index (κ3) is 3.80. The molecule has 0 spiro atoms. The largest absolute Gasteiger partial charge is 0.497 e. The average molecular weight is 381 g/mol. The van der Waals surface area contributed by atoms with Gasteiger partial charge in [-0.2, -0.15) is 0 Å². The number of aliphatic carboxylic acids is 1. The highest BCUT2D eigenvalue weighted by Crippen LogP contribution is 2.39. The van der Waals surface area contributed by atoms with E-state index in [0.29, 0.717) is 6.54 Å². The molecule has 0 amide bonds. The molecule has 2 aromatic carbocycles. The molecule has 2 aliphatic heterocycles. The van der Waals surface area contributed by atoms with Gasteiger partial charge in [0, 0.05) is 32.7 Å². The van der Waals surface area contributed by atoms with E-state index in [4.69, 9.17) is 19.6 Å². The van der Waals surface area contributed by atoms with Gasteiger partial charge in [-0.15, -0.1) is 0 Å². The van der Waals surface area contributed by atoms with Crippen molar-refractivity contribution in [3.8, 4) is 17.2 Å². The molecule has 1 N–H and O–H groups in total. The molecular formula is C21H23N3O4. The maximum atomic E-state index is 10.8. The number of carboxylic acid groups (broad SMARTS) is 1. The van der Waals surface area contributed by atoms with Crippen molar-refractivity contribution in [1.82, 2.24) is 9.80 Å². The fraction of sp³-hybridized carbons (Fsp3) is 0.333. The summed E-state index contributed by atoms with van der Waals surface area (Å²) >= 11 is 0. The van der Waals surface area contributed by atoms with Crippen LogP contribution in [0.5, 0.6) is 17.2 Å². The third-order valence-electron chi connectivity index (χ3n) is 5.05. The lowest BCUT2D eigenvalue weighted by atomic mass is 10.1. The Bertz CT molecular complexity index is 904. The van der Waals surface area contributed by atoms with Crippen molar-refractivity contribution in [2.75, 3.05) is 39.8 Å². The third-order valence-corrected chi connectivity index (χ3v) is 5.05. The first kappa shape index (κ1) is 18.3. The number of nitrogens with zero attached hydrogens (tertiary/aromatic N) is 3. The van der Waals surface area contributed by atoms with Gasteiger partial charge in [-0.3, -0.25) is 9.69 Å². The Morgan fingerprint density at radius 1 is 1.14 bits per heavy atom. The minimum Gasteiger partial charge on any atom is -0.497 e. The zero-order valence-electron chi connectivity index (χ0n) is 15.8. The summed E-state index contributed by atoms with van der Waals surface area (Å²) in [5.74, 6) is 2.32. The van der Waals surface area contributed by atoms with E-state index in [2.05, 4.69) is 9.80 Å². The molecule has 0 aliphatic carbocycles. The second kappa shape index (κ2) is 7.90. The lowest BCUT2D eigenvalue weighted by Crippen LogP contribution is -2.49. The van der Waals surface area contributed by atoms with E-state index >= 15 is 0 Å². The molecule has 146 valence electrons. The number of aliphatic imine (C=N–C) groups is 1. The van der Waals surface area contributed by atoms with Crippen molar-refractivity contribution in [3.63, 3.8) is 0 Å². The molecule has 4 rings (SSSR count). The topological polar surface area (TPSA) is 74.6 Å². The molecule has 0 atom stereocenters. The number of amidine groups is 1. The molecule has 7 heteroatoms. The van der Waals surface area contributed by atoms with Crippen LogP contribution in [0.2, 0.25) is 0 Å². The van der Waals surface area contributed by atoms with Gasteiger partial charge in [0.1, 0.15) is 23.0 Å². The first-order chi connectivity index (χ1) is 13.6. The Kier molecular flexibility index (Phi) is 5.16. The zero-order valence-corrected chi connectivity index (χ0v) is 15.8. The van der Waals surface area contributed by atoms with Crippen LogP contribution in [0.15, 0.2) is 47.5 Å². The number of fused-ring (bicyclic) bond motifs is 2. The van der Waals surface area contributed by atoms with Crippen LogP contribution < -0.4 is 9.47 Å². The molecular weight excluding hydrogens is 358 g/mol. The predicted molar refractivity (Wildman–Crippen MR) is 106 cm³/mol. The lowest BCUT2D eigenvalue weighted by Gasteiger charge is -2.36. The molecule has 2 heterocycles. The summed E-state index contributed by atoms with van der Waals surface area (Å²) in [5, 5.41) is 8.90. The van der Waals surface area contributed by atoms with Gasteiger partial charge >= 0.3 is 5.97 Å². The van der Waals surface area contributed by atoms with Gasteiger partial charge in [-0.25, -0.2) is 4.99 Å². The van der Waals surface area contributed by atoms with Crippen LogP contribution in [0, 0.1) is 0 Å². The number of hydrogen-bond acceptors (Lipinski definition) is 6. The minimum absolute atomic E-state index is 0.169. The fourth-order valence-corrected chi connectivity index (χ4v) is 3.51. The Labute approximate surface area is 163 Å². The van der Waals surface area contributed by atoms with Gasteiger partial charge in [-0.1, -0.05) is 12.1 Å². The molecule has 2 aromatic rings. The van der Waals surface area contributed by atoms with Crippen LogP contribution >= 0.6 is 0 Å². The van der Waals surface area contributed by atoms with Crippen LogP contribution in [0.1, 0.15) is 12.0 Å². The molecule has 0 aromatic heterocycles. The first-order valence-corrected chi connectivity index (χ1v) is 9.37. The number of para-hydroxylation sites is 2. The van der Waals surface area contributed by atoms with Crippen molar-refractivity contribution in [3.05, 3.63) is 48.0 Å². The van der Waals surface area contributed by atoms with Gasteiger partial charge in [0.25, 0.3) is 0 Å². The lowest BCUT2D eigenvalue weighted by molar-refractivity contribution is -0.137. The van der Waals surface area contributed by atoms with E-state index in [0.717, 1.165) is 60.5 Å².